The van der Waals surface area contributed by atoms with Gasteiger partial charge in [-0.2, -0.15) is 0 Å². The van der Waals surface area contributed by atoms with E-state index in [-0.39, 0.29) is 12.6 Å². The molecule has 0 saturated heterocycles. The summed E-state index contributed by atoms with van der Waals surface area (Å²) in [7, 11) is 1.67. The SMILES string of the molecule is CCC1CCC(NC(CO)c2cccc(OC)c2)C1. The number of aliphatic hydroxyl groups is 1. The lowest BCUT2D eigenvalue weighted by Crippen LogP contribution is -2.33. The maximum absolute atomic E-state index is 9.62. The van der Waals surface area contributed by atoms with Crippen LogP contribution in [-0.2, 0) is 0 Å². The Hall–Kier alpha value is -1.06. The van der Waals surface area contributed by atoms with Crippen molar-refractivity contribution in [3.8, 4) is 5.75 Å². The molecule has 3 atom stereocenters. The summed E-state index contributed by atoms with van der Waals surface area (Å²) in [6, 6.07) is 8.50. The zero-order valence-electron chi connectivity index (χ0n) is 11.9. The summed E-state index contributed by atoms with van der Waals surface area (Å²) in [5.41, 5.74) is 1.10. The Bertz CT molecular complexity index is 394. The van der Waals surface area contributed by atoms with E-state index in [1.165, 1.54) is 25.7 Å². The van der Waals surface area contributed by atoms with Crippen molar-refractivity contribution in [3.63, 3.8) is 0 Å². The van der Waals surface area contributed by atoms with Gasteiger partial charge in [0.25, 0.3) is 0 Å². The average Bonchev–Trinajstić information content (AvgIpc) is 2.92. The first-order valence-electron chi connectivity index (χ1n) is 7.27. The van der Waals surface area contributed by atoms with Gasteiger partial charge in [-0.1, -0.05) is 25.5 Å². The van der Waals surface area contributed by atoms with Gasteiger partial charge in [0.2, 0.25) is 0 Å². The predicted octanol–water partition coefficient (Wildman–Crippen LogP) is 2.90. The summed E-state index contributed by atoms with van der Waals surface area (Å²) >= 11 is 0. The lowest BCUT2D eigenvalue weighted by atomic mass is 10.0. The zero-order valence-corrected chi connectivity index (χ0v) is 11.9. The van der Waals surface area contributed by atoms with Gasteiger partial charge in [0.05, 0.1) is 19.8 Å². The Morgan fingerprint density at radius 1 is 1.42 bits per heavy atom. The number of methoxy groups -OCH3 is 1. The number of rotatable bonds is 6. The molecule has 0 heterocycles. The quantitative estimate of drug-likeness (QED) is 0.829. The van der Waals surface area contributed by atoms with Crippen molar-refractivity contribution >= 4 is 0 Å². The fraction of sp³-hybridized carbons (Fsp3) is 0.625. The van der Waals surface area contributed by atoms with Gasteiger partial charge in [-0.25, -0.2) is 0 Å². The van der Waals surface area contributed by atoms with Crippen LogP contribution in [0.2, 0.25) is 0 Å². The molecule has 3 heteroatoms. The van der Waals surface area contributed by atoms with Gasteiger partial charge in [-0.05, 0) is 42.9 Å². The molecule has 1 fully saturated rings. The molecule has 1 saturated carbocycles. The molecule has 3 unspecified atom stereocenters. The first-order chi connectivity index (χ1) is 9.26. The summed E-state index contributed by atoms with van der Waals surface area (Å²) in [4.78, 5) is 0. The third kappa shape index (κ3) is 3.71. The van der Waals surface area contributed by atoms with Crippen molar-refractivity contribution < 1.29 is 9.84 Å². The molecule has 1 aromatic rings. The van der Waals surface area contributed by atoms with E-state index >= 15 is 0 Å². The number of aliphatic hydroxyl groups excluding tert-OH is 1. The molecule has 2 rings (SSSR count). The van der Waals surface area contributed by atoms with Crippen LogP contribution in [0, 0.1) is 5.92 Å². The minimum atomic E-state index is 0.00991. The van der Waals surface area contributed by atoms with E-state index in [4.69, 9.17) is 4.74 Å². The molecule has 1 aliphatic rings. The van der Waals surface area contributed by atoms with Crippen molar-refractivity contribution in [1.29, 1.82) is 0 Å². The van der Waals surface area contributed by atoms with Crippen molar-refractivity contribution in [1.82, 2.24) is 5.32 Å². The van der Waals surface area contributed by atoms with Gasteiger partial charge < -0.3 is 15.2 Å². The molecular weight excluding hydrogens is 238 g/mol. The Kier molecular flexibility index (Phi) is 5.23. The first kappa shape index (κ1) is 14.4. The summed E-state index contributed by atoms with van der Waals surface area (Å²) in [6.45, 7) is 2.39. The van der Waals surface area contributed by atoms with Crippen molar-refractivity contribution in [3.05, 3.63) is 29.8 Å². The minimum Gasteiger partial charge on any atom is -0.497 e. The number of nitrogens with one attached hydrogen (secondary N) is 1. The highest BCUT2D eigenvalue weighted by atomic mass is 16.5. The van der Waals surface area contributed by atoms with Crippen LogP contribution in [0.3, 0.4) is 0 Å². The second kappa shape index (κ2) is 6.92. The Morgan fingerprint density at radius 2 is 2.26 bits per heavy atom. The van der Waals surface area contributed by atoms with Crippen molar-refractivity contribution in [2.45, 2.75) is 44.7 Å². The molecule has 0 aromatic heterocycles. The van der Waals surface area contributed by atoms with E-state index < -0.39 is 0 Å². The average molecular weight is 263 g/mol. The summed E-state index contributed by atoms with van der Waals surface area (Å²) < 4.78 is 5.24. The zero-order chi connectivity index (χ0) is 13.7. The van der Waals surface area contributed by atoms with Crippen molar-refractivity contribution in [2.75, 3.05) is 13.7 Å². The normalized spacial score (nSPS) is 24.4. The second-order valence-electron chi connectivity index (χ2n) is 5.46. The van der Waals surface area contributed by atoms with Crippen LogP contribution in [0.1, 0.15) is 44.2 Å². The smallest absolute Gasteiger partial charge is 0.119 e. The van der Waals surface area contributed by atoms with E-state index in [0.29, 0.717) is 6.04 Å². The van der Waals surface area contributed by atoms with Gasteiger partial charge in [0.15, 0.2) is 0 Å². The van der Waals surface area contributed by atoms with Gasteiger partial charge in [-0.15, -0.1) is 0 Å². The third-order valence-electron chi connectivity index (χ3n) is 4.23. The minimum absolute atomic E-state index is 0.00991. The van der Waals surface area contributed by atoms with Crippen LogP contribution in [0.15, 0.2) is 24.3 Å². The maximum Gasteiger partial charge on any atom is 0.119 e. The topological polar surface area (TPSA) is 41.5 Å². The van der Waals surface area contributed by atoms with E-state index in [1.807, 2.05) is 24.3 Å². The van der Waals surface area contributed by atoms with Crippen molar-refractivity contribution in [2.24, 2.45) is 5.92 Å². The van der Waals surface area contributed by atoms with Gasteiger partial charge >= 0.3 is 0 Å². The third-order valence-corrected chi connectivity index (χ3v) is 4.23. The predicted molar refractivity (Wildman–Crippen MR) is 77.4 cm³/mol. The Morgan fingerprint density at radius 3 is 2.89 bits per heavy atom. The number of benzene rings is 1. The van der Waals surface area contributed by atoms with E-state index in [9.17, 15) is 5.11 Å². The lowest BCUT2D eigenvalue weighted by molar-refractivity contribution is 0.231. The van der Waals surface area contributed by atoms with Crippen LogP contribution in [0.4, 0.5) is 0 Å². The first-order valence-corrected chi connectivity index (χ1v) is 7.27. The highest BCUT2D eigenvalue weighted by Crippen LogP contribution is 2.30. The molecule has 0 bridgehead atoms. The van der Waals surface area contributed by atoms with E-state index in [2.05, 4.69) is 12.2 Å². The van der Waals surface area contributed by atoms with Crippen LogP contribution in [-0.4, -0.2) is 24.9 Å². The van der Waals surface area contributed by atoms with E-state index in [0.717, 1.165) is 17.2 Å². The number of hydrogen-bond acceptors (Lipinski definition) is 3. The standard InChI is InChI=1S/C16H25NO2/c1-3-12-7-8-14(9-12)17-16(11-18)13-5-4-6-15(10-13)19-2/h4-6,10,12,14,16-18H,3,7-9,11H2,1-2H3. The molecular formula is C16H25NO2. The summed E-state index contributed by atoms with van der Waals surface area (Å²) in [6.07, 6.45) is 5.03. The Labute approximate surface area is 116 Å². The molecule has 0 radical (unpaired) electrons. The molecule has 1 aromatic carbocycles. The van der Waals surface area contributed by atoms with Gasteiger partial charge in [-0.3, -0.25) is 0 Å². The van der Waals surface area contributed by atoms with Crippen LogP contribution < -0.4 is 10.1 Å². The molecule has 0 amide bonds. The largest absolute Gasteiger partial charge is 0.497 e. The highest BCUT2D eigenvalue weighted by molar-refractivity contribution is 5.30. The number of ether oxygens (including phenoxy) is 1. The molecule has 106 valence electrons. The monoisotopic (exact) mass is 263 g/mol. The second-order valence-corrected chi connectivity index (χ2v) is 5.46. The lowest BCUT2D eigenvalue weighted by Gasteiger charge is -2.22. The molecule has 0 spiro atoms. The van der Waals surface area contributed by atoms with E-state index in [1.54, 1.807) is 7.11 Å². The van der Waals surface area contributed by atoms with Crippen LogP contribution >= 0.6 is 0 Å². The fourth-order valence-electron chi connectivity index (χ4n) is 2.99. The fourth-order valence-corrected chi connectivity index (χ4v) is 2.99. The van der Waals surface area contributed by atoms with Crippen LogP contribution in [0.25, 0.3) is 0 Å². The molecule has 19 heavy (non-hydrogen) atoms. The molecule has 2 N–H and O–H groups in total. The summed E-state index contributed by atoms with van der Waals surface area (Å²) in [5.74, 6) is 1.69. The van der Waals surface area contributed by atoms with Gasteiger partial charge in [0, 0.05) is 6.04 Å². The van der Waals surface area contributed by atoms with Crippen LogP contribution in [0.5, 0.6) is 5.75 Å². The number of hydrogen-bond donors (Lipinski definition) is 2. The Balaban J connectivity index is 1.99. The molecule has 3 nitrogen and oxygen atoms in total. The highest BCUT2D eigenvalue weighted by Gasteiger charge is 2.25. The molecule has 1 aliphatic carbocycles. The maximum atomic E-state index is 9.62. The summed E-state index contributed by atoms with van der Waals surface area (Å²) in [5, 5.41) is 13.2. The molecule has 0 aliphatic heterocycles. The van der Waals surface area contributed by atoms with Gasteiger partial charge in [0.1, 0.15) is 5.75 Å².